The Kier molecular flexibility index (Phi) is 2.75. The second kappa shape index (κ2) is 3.81. The lowest BCUT2D eigenvalue weighted by atomic mass is 9.96. The van der Waals surface area contributed by atoms with Gasteiger partial charge in [-0.15, -0.1) is 11.3 Å². The maximum atomic E-state index is 11.7. The zero-order valence-corrected chi connectivity index (χ0v) is 11.3. The van der Waals surface area contributed by atoms with E-state index in [1.807, 2.05) is 12.3 Å². The molecule has 0 aliphatic carbocycles. The van der Waals surface area contributed by atoms with E-state index in [0.717, 1.165) is 9.61 Å². The summed E-state index contributed by atoms with van der Waals surface area (Å²) >= 11 is 4.76. The number of halogens is 1. The monoisotopic (exact) mass is 302 g/mol. The molecule has 1 atom stereocenters. The summed E-state index contributed by atoms with van der Waals surface area (Å²) in [5.41, 5.74) is -0.572. The molecule has 5 nitrogen and oxygen atoms in total. The number of aromatic nitrogens is 1. The number of hydrogen-bond donors (Lipinski definition) is 2. The number of nitrogens with one attached hydrogen (secondary N) is 2. The standard InChI is InChI=1S/C9H11BrN4OS/c1-9(7-12-5(10)4-16-7)3-6(15)14(2)8(11)13-9/h4H,3H2,1-2H3,(H2,11,13)/t9-/m0/s1. The third-order valence-electron chi connectivity index (χ3n) is 2.56. The first-order valence-electron chi connectivity index (χ1n) is 4.67. The molecule has 86 valence electrons. The maximum absolute atomic E-state index is 11.7. The van der Waals surface area contributed by atoms with Gasteiger partial charge in [-0.25, -0.2) is 4.98 Å². The summed E-state index contributed by atoms with van der Waals surface area (Å²) in [4.78, 5) is 17.3. The van der Waals surface area contributed by atoms with Crippen molar-refractivity contribution in [1.82, 2.24) is 15.2 Å². The number of thiazole rings is 1. The van der Waals surface area contributed by atoms with Crippen LogP contribution in [-0.4, -0.2) is 28.8 Å². The molecule has 16 heavy (non-hydrogen) atoms. The van der Waals surface area contributed by atoms with Crippen LogP contribution in [0.2, 0.25) is 0 Å². The van der Waals surface area contributed by atoms with E-state index in [-0.39, 0.29) is 11.9 Å². The molecule has 1 aliphatic heterocycles. The van der Waals surface area contributed by atoms with Gasteiger partial charge < -0.3 is 5.32 Å². The summed E-state index contributed by atoms with van der Waals surface area (Å²) < 4.78 is 0.758. The van der Waals surface area contributed by atoms with Crippen molar-refractivity contribution in [2.75, 3.05) is 7.05 Å². The second-order valence-electron chi connectivity index (χ2n) is 3.91. The maximum Gasteiger partial charge on any atom is 0.231 e. The van der Waals surface area contributed by atoms with Gasteiger partial charge in [0.15, 0.2) is 5.96 Å². The Morgan fingerprint density at radius 1 is 1.75 bits per heavy atom. The van der Waals surface area contributed by atoms with E-state index >= 15 is 0 Å². The highest BCUT2D eigenvalue weighted by atomic mass is 79.9. The smallest absolute Gasteiger partial charge is 0.231 e. The molecule has 1 saturated heterocycles. The predicted molar refractivity (Wildman–Crippen MR) is 65.4 cm³/mol. The lowest BCUT2D eigenvalue weighted by molar-refractivity contribution is -0.129. The van der Waals surface area contributed by atoms with Crippen LogP contribution in [0.1, 0.15) is 18.4 Å². The normalized spacial score (nSPS) is 25.8. The SMILES string of the molecule is CN1C(=N)N[C@](C)(c2nc(Br)cs2)CC1=O. The summed E-state index contributed by atoms with van der Waals surface area (Å²) in [5.74, 6) is 0.0441. The molecule has 0 saturated carbocycles. The van der Waals surface area contributed by atoms with E-state index in [0.29, 0.717) is 6.42 Å². The van der Waals surface area contributed by atoms with Gasteiger partial charge in [-0.1, -0.05) is 0 Å². The first-order chi connectivity index (χ1) is 7.42. The Bertz CT molecular complexity index is 440. The number of nitrogens with zero attached hydrogens (tertiary/aromatic N) is 2. The molecule has 1 aromatic heterocycles. The molecule has 1 aromatic rings. The molecular weight excluding hydrogens is 292 g/mol. The lowest BCUT2D eigenvalue weighted by Crippen LogP contribution is -2.58. The minimum Gasteiger partial charge on any atom is -0.344 e. The summed E-state index contributed by atoms with van der Waals surface area (Å²) in [6, 6.07) is 0. The fraction of sp³-hybridized carbons (Fsp3) is 0.444. The highest BCUT2D eigenvalue weighted by Crippen LogP contribution is 2.31. The van der Waals surface area contributed by atoms with E-state index in [2.05, 4.69) is 26.2 Å². The molecule has 2 heterocycles. The molecule has 0 spiro atoms. The van der Waals surface area contributed by atoms with Crippen molar-refractivity contribution in [3.05, 3.63) is 15.0 Å². The van der Waals surface area contributed by atoms with Crippen molar-refractivity contribution >= 4 is 39.1 Å². The Balaban J connectivity index is 2.33. The third kappa shape index (κ3) is 1.84. The summed E-state index contributed by atoms with van der Waals surface area (Å²) in [6.45, 7) is 1.89. The molecule has 0 radical (unpaired) electrons. The van der Waals surface area contributed by atoms with Crippen LogP contribution < -0.4 is 5.32 Å². The highest BCUT2D eigenvalue weighted by Gasteiger charge is 2.39. The molecule has 0 bridgehead atoms. The minimum absolute atomic E-state index is 0.0717. The molecule has 2 rings (SSSR count). The van der Waals surface area contributed by atoms with Crippen LogP contribution in [-0.2, 0) is 10.3 Å². The summed E-state index contributed by atoms with van der Waals surface area (Å²) in [6.07, 6.45) is 0.311. The topological polar surface area (TPSA) is 69.1 Å². The Labute approximate surface area is 105 Å². The number of carbonyl (C=O) groups is 1. The van der Waals surface area contributed by atoms with Gasteiger partial charge in [0.1, 0.15) is 9.61 Å². The van der Waals surface area contributed by atoms with Crippen LogP contribution in [0.4, 0.5) is 0 Å². The summed E-state index contributed by atoms with van der Waals surface area (Å²) in [5, 5.41) is 13.4. The molecule has 1 aliphatic rings. The van der Waals surface area contributed by atoms with Gasteiger partial charge >= 0.3 is 0 Å². The van der Waals surface area contributed by atoms with Crippen molar-refractivity contribution < 1.29 is 4.79 Å². The minimum atomic E-state index is -0.572. The quantitative estimate of drug-likeness (QED) is 0.826. The van der Waals surface area contributed by atoms with Gasteiger partial charge in [-0.05, 0) is 22.9 Å². The first kappa shape index (κ1) is 11.5. The van der Waals surface area contributed by atoms with Crippen molar-refractivity contribution in [1.29, 1.82) is 5.41 Å². The van der Waals surface area contributed by atoms with Crippen LogP contribution in [0.15, 0.2) is 9.98 Å². The number of rotatable bonds is 1. The fourth-order valence-corrected chi connectivity index (χ4v) is 2.94. The van der Waals surface area contributed by atoms with Gasteiger partial charge in [0.25, 0.3) is 0 Å². The van der Waals surface area contributed by atoms with Gasteiger partial charge in [0.05, 0.1) is 12.0 Å². The van der Waals surface area contributed by atoms with E-state index in [4.69, 9.17) is 5.41 Å². The molecule has 0 unspecified atom stereocenters. The van der Waals surface area contributed by atoms with Crippen LogP contribution in [0.5, 0.6) is 0 Å². The summed E-state index contributed by atoms with van der Waals surface area (Å²) in [7, 11) is 1.59. The first-order valence-corrected chi connectivity index (χ1v) is 6.34. The van der Waals surface area contributed by atoms with Gasteiger partial charge in [0.2, 0.25) is 5.91 Å². The number of carbonyl (C=O) groups excluding carboxylic acids is 1. The number of guanidine groups is 1. The molecular formula is C9H11BrN4OS. The Morgan fingerprint density at radius 2 is 2.44 bits per heavy atom. The number of hydrogen-bond acceptors (Lipinski definition) is 4. The van der Waals surface area contributed by atoms with E-state index in [1.54, 1.807) is 7.05 Å². The van der Waals surface area contributed by atoms with Gasteiger partial charge in [-0.3, -0.25) is 15.1 Å². The molecule has 0 aromatic carbocycles. The van der Waals surface area contributed by atoms with Crippen LogP contribution in [0.3, 0.4) is 0 Å². The average molecular weight is 303 g/mol. The van der Waals surface area contributed by atoms with Crippen molar-refractivity contribution in [2.45, 2.75) is 18.9 Å². The van der Waals surface area contributed by atoms with Crippen LogP contribution in [0, 0.1) is 5.41 Å². The number of amides is 1. The average Bonchev–Trinajstić information content (AvgIpc) is 2.62. The van der Waals surface area contributed by atoms with Gasteiger partial charge in [-0.2, -0.15) is 0 Å². The largest absolute Gasteiger partial charge is 0.344 e. The van der Waals surface area contributed by atoms with E-state index in [9.17, 15) is 4.79 Å². The Morgan fingerprint density at radius 3 is 2.94 bits per heavy atom. The van der Waals surface area contributed by atoms with Crippen LogP contribution >= 0.6 is 27.3 Å². The van der Waals surface area contributed by atoms with Crippen molar-refractivity contribution in [3.8, 4) is 0 Å². The zero-order valence-electron chi connectivity index (χ0n) is 8.87. The van der Waals surface area contributed by atoms with E-state index < -0.39 is 5.54 Å². The van der Waals surface area contributed by atoms with Crippen LogP contribution in [0.25, 0.3) is 0 Å². The molecule has 1 fully saturated rings. The van der Waals surface area contributed by atoms with E-state index in [1.165, 1.54) is 16.2 Å². The molecule has 7 heteroatoms. The van der Waals surface area contributed by atoms with Crippen molar-refractivity contribution in [2.24, 2.45) is 0 Å². The van der Waals surface area contributed by atoms with Crippen molar-refractivity contribution in [3.63, 3.8) is 0 Å². The third-order valence-corrected chi connectivity index (χ3v) is 4.37. The predicted octanol–water partition coefficient (Wildman–Crippen LogP) is 1.51. The zero-order chi connectivity index (χ0) is 11.9. The Hall–Kier alpha value is -0.950. The second-order valence-corrected chi connectivity index (χ2v) is 5.58. The highest BCUT2D eigenvalue weighted by molar-refractivity contribution is 9.10. The lowest BCUT2D eigenvalue weighted by Gasteiger charge is -2.37. The molecule has 2 N–H and O–H groups in total. The fourth-order valence-electron chi connectivity index (χ4n) is 1.57. The molecule has 1 amide bonds. The van der Waals surface area contributed by atoms with Gasteiger partial charge in [0, 0.05) is 12.4 Å².